The van der Waals surface area contributed by atoms with Crippen LogP contribution in [0.1, 0.15) is 32.2 Å². The van der Waals surface area contributed by atoms with Crippen molar-refractivity contribution in [2.45, 2.75) is 20.8 Å². The Hall–Kier alpha value is -1.31. The van der Waals surface area contributed by atoms with Gasteiger partial charge in [0, 0.05) is 0 Å². The van der Waals surface area contributed by atoms with Gasteiger partial charge in [0.1, 0.15) is 0 Å². The van der Waals surface area contributed by atoms with E-state index >= 15 is 0 Å². The summed E-state index contributed by atoms with van der Waals surface area (Å²) in [5, 5.41) is 0. The van der Waals surface area contributed by atoms with Crippen LogP contribution in [0.3, 0.4) is 0 Å². The van der Waals surface area contributed by atoms with E-state index in [0.717, 1.165) is 11.4 Å². The molecule has 0 atom stereocenters. The molecule has 1 heterocycles. The molecule has 13 heavy (non-hydrogen) atoms. The van der Waals surface area contributed by atoms with E-state index in [1.54, 1.807) is 12.4 Å². The summed E-state index contributed by atoms with van der Waals surface area (Å²) in [7, 11) is 0. The third kappa shape index (κ3) is 1.89. The fourth-order valence-electron chi connectivity index (χ4n) is 1.43. The molecule has 0 aliphatic heterocycles. The molecule has 1 aromatic rings. The van der Waals surface area contributed by atoms with E-state index in [-0.39, 0.29) is 0 Å². The van der Waals surface area contributed by atoms with Gasteiger partial charge in [-0.3, -0.25) is 0 Å². The largest absolute Gasteiger partial charge is 0.345 e. The number of H-pyrrole nitrogens is 1. The van der Waals surface area contributed by atoms with Gasteiger partial charge in [0.05, 0.1) is 17.7 Å². The third-order valence-corrected chi connectivity index (χ3v) is 2.08. The molecule has 1 aromatic heterocycles. The summed E-state index contributed by atoms with van der Waals surface area (Å²) in [6.45, 7) is 10.1. The summed E-state index contributed by atoms with van der Waals surface area (Å²) in [5.41, 5.74) is 3.28. The molecule has 1 N–H and O–H groups in total. The first-order valence-electron chi connectivity index (χ1n) is 4.53. The van der Waals surface area contributed by atoms with E-state index in [0.29, 0.717) is 5.92 Å². The van der Waals surface area contributed by atoms with E-state index in [1.807, 2.05) is 6.92 Å². The minimum absolute atomic E-state index is 0.493. The fourth-order valence-corrected chi connectivity index (χ4v) is 1.43. The Morgan fingerprint density at radius 3 is 2.77 bits per heavy atom. The number of hydrogen-bond donors (Lipinski definition) is 1. The fraction of sp³-hybridized carbons (Fsp3) is 0.364. The van der Waals surface area contributed by atoms with Crippen LogP contribution < -0.4 is 0 Å². The lowest BCUT2D eigenvalue weighted by Gasteiger charge is -2.08. The monoisotopic (exact) mass is 176 g/mol. The zero-order chi connectivity index (χ0) is 9.84. The molecule has 0 bridgehead atoms. The number of aromatic amines is 1. The Balaban J connectivity index is 3.12. The minimum Gasteiger partial charge on any atom is -0.345 e. The number of nitrogens with zero attached hydrogens (tertiary/aromatic N) is 1. The van der Waals surface area contributed by atoms with Crippen LogP contribution in [0, 0.1) is 5.92 Å². The summed E-state index contributed by atoms with van der Waals surface area (Å²) < 4.78 is 0. The zero-order valence-electron chi connectivity index (χ0n) is 8.46. The van der Waals surface area contributed by atoms with E-state index in [2.05, 4.69) is 36.5 Å². The highest BCUT2D eigenvalue weighted by molar-refractivity contribution is 5.70. The molecule has 0 saturated heterocycles. The van der Waals surface area contributed by atoms with Crippen LogP contribution in [0.25, 0.3) is 11.6 Å². The lowest BCUT2D eigenvalue weighted by Crippen LogP contribution is -1.95. The van der Waals surface area contributed by atoms with Crippen molar-refractivity contribution in [1.29, 1.82) is 0 Å². The molecular formula is C11H16N2. The number of allylic oxidation sites excluding steroid dienone is 2. The van der Waals surface area contributed by atoms with E-state index < -0.39 is 0 Å². The van der Waals surface area contributed by atoms with Gasteiger partial charge in [0.15, 0.2) is 0 Å². The molecule has 1 rings (SSSR count). The molecule has 70 valence electrons. The Kier molecular flexibility index (Phi) is 3.07. The maximum atomic E-state index is 4.28. The maximum absolute atomic E-state index is 4.28. The summed E-state index contributed by atoms with van der Waals surface area (Å²) in [6.07, 6.45) is 5.61. The molecule has 0 radical (unpaired) electrons. The first kappa shape index (κ1) is 9.78. The third-order valence-electron chi connectivity index (χ3n) is 2.08. The second-order valence-corrected chi connectivity index (χ2v) is 3.27. The Labute approximate surface area is 79.4 Å². The summed E-state index contributed by atoms with van der Waals surface area (Å²) in [5.74, 6) is 0.493. The molecule has 0 amide bonds. The van der Waals surface area contributed by atoms with Crippen LogP contribution in [0.2, 0.25) is 0 Å². The van der Waals surface area contributed by atoms with Gasteiger partial charge in [-0.25, -0.2) is 4.98 Å². The molecule has 0 spiro atoms. The zero-order valence-corrected chi connectivity index (χ0v) is 8.46. The van der Waals surface area contributed by atoms with Gasteiger partial charge < -0.3 is 4.98 Å². The lowest BCUT2D eigenvalue weighted by molar-refractivity contribution is 0.848. The van der Waals surface area contributed by atoms with Crippen molar-refractivity contribution in [2.24, 2.45) is 5.92 Å². The molecule has 0 aromatic carbocycles. The van der Waals surface area contributed by atoms with Crippen LogP contribution in [0.5, 0.6) is 0 Å². The second kappa shape index (κ2) is 4.08. The maximum Gasteiger partial charge on any atom is 0.0931 e. The number of aromatic nitrogens is 2. The lowest BCUT2D eigenvalue weighted by atomic mass is 9.98. The van der Waals surface area contributed by atoms with Crippen molar-refractivity contribution in [2.75, 3.05) is 0 Å². The van der Waals surface area contributed by atoms with Gasteiger partial charge in [-0.2, -0.15) is 0 Å². The number of rotatable bonds is 3. The highest BCUT2D eigenvalue weighted by Gasteiger charge is 2.10. The predicted octanol–water partition coefficient (Wildman–Crippen LogP) is 3.11. The summed E-state index contributed by atoms with van der Waals surface area (Å²) in [4.78, 5) is 7.34. The van der Waals surface area contributed by atoms with Crippen molar-refractivity contribution in [1.82, 2.24) is 9.97 Å². The summed E-state index contributed by atoms with van der Waals surface area (Å²) >= 11 is 0. The van der Waals surface area contributed by atoms with Crippen molar-refractivity contribution in [3.05, 3.63) is 30.4 Å². The summed E-state index contributed by atoms with van der Waals surface area (Å²) in [6, 6.07) is 0. The van der Waals surface area contributed by atoms with Gasteiger partial charge in [0.2, 0.25) is 0 Å². The molecule has 2 heteroatoms. The molecule has 0 aliphatic rings. The molecule has 2 nitrogen and oxygen atoms in total. The molecular weight excluding hydrogens is 160 g/mol. The standard InChI is InChI=1S/C11H16N2/c1-5-9(8(3)4)11-10(6-2)12-7-13-11/h5-8H,2H2,1,3-4H3,(H,12,13)/b9-5-. The molecule has 0 unspecified atom stereocenters. The van der Waals surface area contributed by atoms with E-state index in [9.17, 15) is 0 Å². The topological polar surface area (TPSA) is 28.7 Å². The SMILES string of the molecule is C=Cc1[nH]cnc1/C(=C\C)C(C)C. The van der Waals surface area contributed by atoms with E-state index in [4.69, 9.17) is 0 Å². The normalized spacial score (nSPS) is 12.2. The van der Waals surface area contributed by atoms with Gasteiger partial charge in [-0.05, 0) is 24.5 Å². The van der Waals surface area contributed by atoms with Crippen molar-refractivity contribution in [3.8, 4) is 0 Å². The van der Waals surface area contributed by atoms with Crippen molar-refractivity contribution < 1.29 is 0 Å². The van der Waals surface area contributed by atoms with Gasteiger partial charge >= 0.3 is 0 Å². The average molecular weight is 176 g/mol. The van der Waals surface area contributed by atoms with Crippen LogP contribution in [-0.2, 0) is 0 Å². The second-order valence-electron chi connectivity index (χ2n) is 3.27. The highest BCUT2D eigenvalue weighted by Crippen LogP contribution is 2.23. The Morgan fingerprint density at radius 2 is 2.31 bits per heavy atom. The van der Waals surface area contributed by atoms with Crippen LogP contribution in [0.4, 0.5) is 0 Å². The van der Waals surface area contributed by atoms with Crippen LogP contribution in [0.15, 0.2) is 19.0 Å². The smallest absolute Gasteiger partial charge is 0.0931 e. The Bertz CT molecular complexity index is 319. The minimum atomic E-state index is 0.493. The van der Waals surface area contributed by atoms with Gasteiger partial charge in [-0.1, -0.05) is 26.5 Å². The number of hydrogen-bond acceptors (Lipinski definition) is 1. The van der Waals surface area contributed by atoms with Crippen LogP contribution >= 0.6 is 0 Å². The highest BCUT2D eigenvalue weighted by atomic mass is 14.9. The Morgan fingerprint density at radius 1 is 1.62 bits per heavy atom. The van der Waals surface area contributed by atoms with Crippen molar-refractivity contribution >= 4 is 11.6 Å². The molecule has 0 saturated carbocycles. The first-order valence-corrected chi connectivity index (χ1v) is 4.53. The van der Waals surface area contributed by atoms with Gasteiger partial charge in [-0.15, -0.1) is 0 Å². The first-order chi connectivity index (χ1) is 6.20. The molecule has 0 aliphatic carbocycles. The average Bonchev–Trinajstić information content (AvgIpc) is 2.53. The van der Waals surface area contributed by atoms with Gasteiger partial charge in [0.25, 0.3) is 0 Å². The quantitative estimate of drug-likeness (QED) is 0.753. The van der Waals surface area contributed by atoms with Crippen LogP contribution in [-0.4, -0.2) is 9.97 Å². The molecule has 0 fully saturated rings. The number of nitrogens with one attached hydrogen (secondary N) is 1. The van der Waals surface area contributed by atoms with Crippen molar-refractivity contribution in [3.63, 3.8) is 0 Å². The number of imidazole rings is 1. The van der Waals surface area contributed by atoms with E-state index in [1.165, 1.54) is 5.57 Å². The predicted molar refractivity (Wildman–Crippen MR) is 57.2 cm³/mol.